The molecule has 1 saturated heterocycles. The predicted octanol–water partition coefficient (Wildman–Crippen LogP) is 5.26. The maximum Gasteiger partial charge on any atom is 0.335 e. The quantitative estimate of drug-likeness (QED) is 0.287. The molecule has 0 radical (unpaired) electrons. The lowest BCUT2D eigenvalue weighted by molar-refractivity contribution is -0.143. The second-order valence-electron chi connectivity index (χ2n) is 9.18. The molecular weight excluding hydrogens is 473 g/mol. The molecule has 1 N–H and O–H groups in total. The summed E-state index contributed by atoms with van der Waals surface area (Å²) in [5.41, 5.74) is 0.955. The molecule has 1 aromatic carbocycles. The Balaban J connectivity index is 1.74. The number of unbranched alkanes of at least 4 members (excludes halogenated alkanes) is 6. The van der Waals surface area contributed by atoms with Gasteiger partial charge in [0.1, 0.15) is 11.1 Å². The van der Waals surface area contributed by atoms with Crippen molar-refractivity contribution >= 4 is 21.7 Å². The molecule has 1 aliphatic carbocycles. The van der Waals surface area contributed by atoms with Crippen molar-refractivity contribution in [2.45, 2.75) is 89.1 Å². The summed E-state index contributed by atoms with van der Waals surface area (Å²) < 4.78 is 60.0. The van der Waals surface area contributed by atoms with Gasteiger partial charge in [0, 0.05) is 6.42 Å². The molecular formula is C26H38FNO6S. The summed E-state index contributed by atoms with van der Waals surface area (Å²) in [4.78, 5) is 12.7. The number of ether oxygens (including phenoxy) is 3. The number of rotatable bonds is 13. The second kappa shape index (κ2) is 12.8. The van der Waals surface area contributed by atoms with Crippen LogP contribution in [0, 0.1) is 5.82 Å². The van der Waals surface area contributed by atoms with Crippen molar-refractivity contribution in [1.82, 2.24) is 0 Å². The fourth-order valence-corrected chi connectivity index (χ4v) is 6.26. The Bertz CT molecular complexity index is 988. The molecule has 1 spiro atoms. The van der Waals surface area contributed by atoms with Crippen LogP contribution in [0.5, 0.6) is 0 Å². The van der Waals surface area contributed by atoms with Crippen LogP contribution in [0.4, 0.5) is 10.1 Å². The third kappa shape index (κ3) is 7.51. The van der Waals surface area contributed by atoms with Gasteiger partial charge >= 0.3 is 5.97 Å². The van der Waals surface area contributed by atoms with Gasteiger partial charge in [-0.1, -0.05) is 45.4 Å². The molecule has 0 aromatic heterocycles. The van der Waals surface area contributed by atoms with Gasteiger partial charge in [0.15, 0.2) is 5.79 Å². The Morgan fingerprint density at radius 2 is 1.80 bits per heavy atom. The number of benzene rings is 1. The van der Waals surface area contributed by atoms with Gasteiger partial charge in [0.05, 0.1) is 31.1 Å². The zero-order chi connectivity index (χ0) is 25.3. The Hall–Kier alpha value is -1.97. The number of carbonyl (C=O) groups is 1. The number of aryl methyl sites for hydroxylation is 1. The first-order chi connectivity index (χ1) is 16.8. The third-order valence-electron chi connectivity index (χ3n) is 6.51. The van der Waals surface area contributed by atoms with Gasteiger partial charge in [-0.15, -0.1) is 0 Å². The fourth-order valence-electron chi connectivity index (χ4n) is 4.68. The van der Waals surface area contributed by atoms with Gasteiger partial charge in [0.2, 0.25) is 10.0 Å². The Morgan fingerprint density at radius 1 is 1.11 bits per heavy atom. The lowest BCUT2D eigenvalue weighted by Gasteiger charge is -2.33. The first-order valence-electron chi connectivity index (χ1n) is 12.8. The van der Waals surface area contributed by atoms with E-state index < -0.39 is 32.8 Å². The zero-order valence-electron chi connectivity index (χ0n) is 20.8. The minimum atomic E-state index is -4.03. The smallest absolute Gasteiger partial charge is 0.335 e. The number of esters is 1. The molecule has 0 saturated carbocycles. The first kappa shape index (κ1) is 27.6. The molecule has 0 amide bonds. The highest BCUT2D eigenvalue weighted by Crippen LogP contribution is 2.38. The van der Waals surface area contributed by atoms with E-state index in [1.54, 1.807) is 6.92 Å². The van der Waals surface area contributed by atoms with Crippen LogP contribution in [-0.4, -0.2) is 45.2 Å². The summed E-state index contributed by atoms with van der Waals surface area (Å²) in [5, 5.41) is -1.13. The summed E-state index contributed by atoms with van der Waals surface area (Å²) in [5.74, 6) is -2.21. The molecule has 1 aliphatic heterocycles. The highest BCUT2D eigenvalue weighted by molar-refractivity contribution is 7.93. The van der Waals surface area contributed by atoms with Crippen molar-refractivity contribution in [2.24, 2.45) is 0 Å². The van der Waals surface area contributed by atoms with E-state index in [4.69, 9.17) is 14.2 Å². The van der Waals surface area contributed by atoms with Crippen molar-refractivity contribution in [3.63, 3.8) is 0 Å². The summed E-state index contributed by atoms with van der Waals surface area (Å²) in [6.07, 6.45) is 10.2. The summed E-state index contributed by atoms with van der Waals surface area (Å²) in [6.45, 7) is 4.71. The van der Waals surface area contributed by atoms with Crippen LogP contribution in [0.15, 0.2) is 29.8 Å². The van der Waals surface area contributed by atoms with Crippen LogP contribution in [0.3, 0.4) is 0 Å². The highest BCUT2D eigenvalue weighted by atomic mass is 32.2. The number of hydrogen-bond acceptors (Lipinski definition) is 6. The summed E-state index contributed by atoms with van der Waals surface area (Å²) >= 11 is 0. The van der Waals surface area contributed by atoms with E-state index in [9.17, 15) is 17.6 Å². The molecule has 1 heterocycles. The van der Waals surface area contributed by atoms with Crippen LogP contribution >= 0.6 is 0 Å². The lowest BCUT2D eigenvalue weighted by Crippen LogP contribution is -2.42. The van der Waals surface area contributed by atoms with Gasteiger partial charge in [-0.2, -0.15) is 0 Å². The summed E-state index contributed by atoms with van der Waals surface area (Å²) in [7, 11) is -4.03. The van der Waals surface area contributed by atoms with E-state index in [0.29, 0.717) is 37.3 Å². The van der Waals surface area contributed by atoms with E-state index in [-0.39, 0.29) is 18.6 Å². The molecule has 3 rings (SSSR count). The molecule has 7 nitrogen and oxygen atoms in total. The molecule has 2 aliphatic rings. The Morgan fingerprint density at radius 3 is 2.49 bits per heavy atom. The van der Waals surface area contributed by atoms with Crippen molar-refractivity contribution < 1.29 is 31.8 Å². The van der Waals surface area contributed by atoms with Crippen LogP contribution in [0.1, 0.15) is 77.2 Å². The normalized spacial score (nSPS) is 19.5. The van der Waals surface area contributed by atoms with E-state index in [1.807, 2.05) is 0 Å². The molecule has 35 heavy (non-hydrogen) atoms. The molecule has 0 bridgehead atoms. The number of nitrogens with one attached hydrogen (secondary N) is 1. The van der Waals surface area contributed by atoms with E-state index in [1.165, 1.54) is 50.0 Å². The van der Waals surface area contributed by atoms with Gasteiger partial charge in [-0.25, -0.2) is 17.6 Å². The van der Waals surface area contributed by atoms with Gasteiger partial charge in [-0.05, 0) is 56.0 Å². The average Bonchev–Trinajstić information content (AvgIpc) is 3.27. The number of carbonyl (C=O) groups excluding carboxylic acids is 1. The predicted molar refractivity (Wildman–Crippen MR) is 133 cm³/mol. The topological polar surface area (TPSA) is 90.9 Å². The standard InChI is InChI=1S/C26H38FNO6S/c1-3-5-6-7-8-9-10-11-20-18-21(27)12-13-23(20)28-35(30,31)24-14-15-26(33-16-17-34-26)19-22(24)25(29)32-4-2/h12-13,18-19,24,28H,3-11,14-17H2,1-2H3. The minimum absolute atomic E-state index is 0.00300. The first-order valence-corrected chi connectivity index (χ1v) is 14.3. The second-order valence-corrected chi connectivity index (χ2v) is 11.0. The van der Waals surface area contributed by atoms with Crippen LogP contribution in [0.25, 0.3) is 0 Å². The number of sulfonamides is 1. The van der Waals surface area contributed by atoms with Crippen molar-refractivity contribution in [1.29, 1.82) is 0 Å². The van der Waals surface area contributed by atoms with Crippen molar-refractivity contribution in [3.8, 4) is 0 Å². The Kier molecular flexibility index (Phi) is 10.1. The maximum atomic E-state index is 14.0. The fraction of sp³-hybridized carbons (Fsp3) is 0.654. The van der Waals surface area contributed by atoms with Gasteiger partial charge in [0.25, 0.3) is 0 Å². The van der Waals surface area contributed by atoms with Gasteiger partial charge < -0.3 is 14.2 Å². The molecule has 1 fully saturated rings. The van der Waals surface area contributed by atoms with E-state index in [0.717, 1.165) is 19.3 Å². The summed E-state index contributed by atoms with van der Waals surface area (Å²) in [6, 6.07) is 4.07. The Labute approximate surface area is 208 Å². The molecule has 196 valence electrons. The minimum Gasteiger partial charge on any atom is -0.463 e. The average molecular weight is 512 g/mol. The zero-order valence-corrected chi connectivity index (χ0v) is 21.6. The molecule has 1 atom stereocenters. The largest absolute Gasteiger partial charge is 0.463 e. The molecule has 1 unspecified atom stereocenters. The van der Waals surface area contributed by atoms with Crippen LogP contribution < -0.4 is 4.72 Å². The third-order valence-corrected chi connectivity index (χ3v) is 8.25. The highest BCUT2D eigenvalue weighted by Gasteiger charge is 2.46. The maximum absolute atomic E-state index is 14.0. The van der Waals surface area contributed by atoms with Crippen molar-refractivity contribution in [2.75, 3.05) is 24.5 Å². The lowest BCUT2D eigenvalue weighted by atomic mass is 9.94. The molecule has 1 aromatic rings. The van der Waals surface area contributed by atoms with Gasteiger partial charge in [-0.3, -0.25) is 4.72 Å². The monoisotopic (exact) mass is 511 g/mol. The van der Waals surface area contributed by atoms with Crippen LogP contribution in [-0.2, 0) is 35.4 Å². The van der Waals surface area contributed by atoms with Crippen LogP contribution in [0.2, 0.25) is 0 Å². The van der Waals surface area contributed by atoms with E-state index in [2.05, 4.69) is 11.6 Å². The number of halogens is 1. The SMILES string of the molecule is CCCCCCCCCc1cc(F)ccc1NS(=O)(=O)C1CCC2(C=C1C(=O)OCC)OCCO2. The number of anilines is 1. The van der Waals surface area contributed by atoms with Crippen molar-refractivity contribution in [3.05, 3.63) is 41.2 Å². The van der Waals surface area contributed by atoms with E-state index >= 15 is 0 Å². The number of hydrogen-bond donors (Lipinski definition) is 1. The molecule has 9 heteroatoms.